The SMILES string of the molecule is C=C(O)C[C@@H](c1ccccc1)C(O)(c1ccccc1)c1ccccc1. The summed E-state index contributed by atoms with van der Waals surface area (Å²) in [5, 5.41) is 21.9. The van der Waals surface area contributed by atoms with E-state index in [2.05, 4.69) is 6.58 Å². The van der Waals surface area contributed by atoms with E-state index in [4.69, 9.17) is 0 Å². The van der Waals surface area contributed by atoms with E-state index in [-0.39, 0.29) is 18.1 Å². The minimum absolute atomic E-state index is 0.0548. The van der Waals surface area contributed by atoms with Gasteiger partial charge in [-0.25, -0.2) is 0 Å². The summed E-state index contributed by atoms with van der Waals surface area (Å²) in [7, 11) is 0. The maximum absolute atomic E-state index is 12.0. The maximum atomic E-state index is 12.0. The monoisotopic (exact) mass is 330 g/mol. The van der Waals surface area contributed by atoms with Crippen LogP contribution in [0.1, 0.15) is 29.0 Å². The fraction of sp³-hybridized carbons (Fsp3) is 0.130. The summed E-state index contributed by atoms with van der Waals surface area (Å²) in [6, 6.07) is 29.0. The van der Waals surface area contributed by atoms with Crippen molar-refractivity contribution in [2.45, 2.75) is 17.9 Å². The second-order valence-corrected chi connectivity index (χ2v) is 6.23. The van der Waals surface area contributed by atoms with Gasteiger partial charge < -0.3 is 10.2 Å². The lowest BCUT2D eigenvalue weighted by Gasteiger charge is -2.37. The van der Waals surface area contributed by atoms with Gasteiger partial charge in [0.1, 0.15) is 5.60 Å². The van der Waals surface area contributed by atoms with Crippen LogP contribution in [0.3, 0.4) is 0 Å². The highest BCUT2D eigenvalue weighted by atomic mass is 16.3. The van der Waals surface area contributed by atoms with Gasteiger partial charge in [0, 0.05) is 12.3 Å². The average molecular weight is 330 g/mol. The van der Waals surface area contributed by atoms with Crippen LogP contribution in [0.4, 0.5) is 0 Å². The largest absolute Gasteiger partial charge is 0.513 e. The molecule has 0 amide bonds. The van der Waals surface area contributed by atoms with Gasteiger partial charge in [0.05, 0.1) is 5.76 Å². The van der Waals surface area contributed by atoms with Gasteiger partial charge >= 0.3 is 0 Å². The number of benzene rings is 3. The quantitative estimate of drug-likeness (QED) is 0.612. The first kappa shape index (κ1) is 17.0. The predicted molar refractivity (Wildman–Crippen MR) is 101 cm³/mol. The van der Waals surface area contributed by atoms with Gasteiger partial charge in [-0.1, -0.05) is 97.6 Å². The Hall–Kier alpha value is -2.84. The summed E-state index contributed by atoms with van der Waals surface area (Å²) in [6.45, 7) is 3.67. The molecule has 0 unspecified atom stereocenters. The molecule has 25 heavy (non-hydrogen) atoms. The van der Waals surface area contributed by atoms with E-state index in [1.165, 1.54) is 0 Å². The van der Waals surface area contributed by atoms with E-state index < -0.39 is 5.60 Å². The molecule has 0 aromatic heterocycles. The van der Waals surface area contributed by atoms with Crippen molar-refractivity contribution in [1.82, 2.24) is 0 Å². The van der Waals surface area contributed by atoms with E-state index >= 15 is 0 Å². The Bertz CT molecular complexity index is 771. The lowest BCUT2D eigenvalue weighted by atomic mass is 9.71. The number of allylic oxidation sites excluding steroid dienone is 1. The van der Waals surface area contributed by atoms with E-state index in [9.17, 15) is 10.2 Å². The smallest absolute Gasteiger partial charge is 0.122 e. The number of hydrogen-bond donors (Lipinski definition) is 2. The van der Waals surface area contributed by atoms with Crippen LogP contribution in [0.5, 0.6) is 0 Å². The highest BCUT2D eigenvalue weighted by Gasteiger charge is 2.41. The van der Waals surface area contributed by atoms with Crippen LogP contribution >= 0.6 is 0 Å². The van der Waals surface area contributed by atoms with Gasteiger partial charge in [-0.3, -0.25) is 0 Å². The second kappa shape index (κ2) is 7.37. The zero-order valence-electron chi connectivity index (χ0n) is 14.0. The van der Waals surface area contributed by atoms with Crippen LogP contribution < -0.4 is 0 Å². The Balaban J connectivity index is 2.22. The molecule has 0 aliphatic carbocycles. The molecule has 0 spiro atoms. The van der Waals surface area contributed by atoms with Crippen LogP contribution in [0, 0.1) is 0 Å². The second-order valence-electron chi connectivity index (χ2n) is 6.23. The number of aliphatic hydroxyl groups is 2. The third kappa shape index (κ3) is 3.49. The van der Waals surface area contributed by atoms with E-state index in [0.29, 0.717) is 0 Å². The van der Waals surface area contributed by atoms with Gasteiger partial charge in [-0.2, -0.15) is 0 Å². The molecular weight excluding hydrogens is 308 g/mol. The molecule has 0 fully saturated rings. The molecule has 0 saturated heterocycles. The van der Waals surface area contributed by atoms with E-state index in [1.807, 2.05) is 91.0 Å². The number of aliphatic hydroxyl groups excluding tert-OH is 1. The van der Waals surface area contributed by atoms with Crippen LogP contribution in [0.25, 0.3) is 0 Å². The van der Waals surface area contributed by atoms with Crippen LogP contribution in [-0.2, 0) is 5.60 Å². The topological polar surface area (TPSA) is 40.5 Å². The molecule has 0 saturated carbocycles. The van der Waals surface area contributed by atoms with Gasteiger partial charge in [-0.15, -0.1) is 0 Å². The summed E-state index contributed by atoms with van der Waals surface area (Å²) >= 11 is 0. The van der Waals surface area contributed by atoms with Gasteiger partial charge in [0.15, 0.2) is 0 Å². The third-order valence-corrected chi connectivity index (χ3v) is 4.57. The van der Waals surface area contributed by atoms with E-state index in [0.717, 1.165) is 16.7 Å². The molecule has 0 radical (unpaired) electrons. The molecule has 3 aromatic rings. The van der Waals surface area contributed by atoms with Gasteiger partial charge in [-0.05, 0) is 16.7 Å². The van der Waals surface area contributed by atoms with Gasteiger partial charge in [0.25, 0.3) is 0 Å². The lowest BCUT2D eigenvalue weighted by Crippen LogP contribution is -2.35. The first-order chi connectivity index (χ1) is 12.1. The molecule has 0 bridgehead atoms. The van der Waals surface area contributed by atoms with Crippen molar-refractivity contribution < 1.29 is 10.2 Å². The predicted octanol–water partition coefficient (Wildman–Crippen LogP) is 5.17. The third-order valence-electron chi connectivity index (χ3n) is 4.57. The van der Waals surface area contributed by atoms with Crippen molar-refractivity contribution in [3.8, 4) is 0 Å². The minimum atomic E-state index is -1.28. The Labute approximate surface area is 148 Å². The maximum Gasteiger partial charge on any atom is 0.122 e. The summed E-state index contributed by atoms with van der Waals surface area (Å²) in [5.74, 6) is -0.310. The molecule has 3 aromatic carbocycles. The van der Waals surface area contributed by atoms with Crippen LogP contribution in [-0.4, -0.2) is 10.2 Å². The Morgan fingerprint density at radius 3 is 1.56 bits per heavy atom. The van der Waals surface area contributed by atoms with Crippen molar-refractivity contribution in [3.63, 3.8) is 0 Å². The Morgan fingerprint density at radius 1 is 0.760 bits per heavy atom. The molecule has 2 nitrogen and oxygen atoms in total. The molecule has 1 atom stereocenters. The number of hydrogen-bond acceptors (Lipinski definition) is 2. The Morgan fingerprint density at radius 2 is 1.16 bits per heavy atom. The molecule has 0 aliphatic rings. The zero-order chi connectivity index (χ0) is 17.7. The molecule has 2 N–H and O–H groups in total. The molecule has 0 aliphatic heterocycles. The fourth-order valence-corrected chi connectivity index (χ4v) is 3.38. The summed E-state index contributed by atoms with van der Waals surface area (Å²) in [6.07, 6.45) is 0.268. The minimum Gasteiger partial charge on any atom is -0.513 e. The van der Waals surface area contributed by atoms with Crippen LogP contribution in [0.2, 0.25) is 0 Å². The van der Waals surface area contributed by atoms with Gasteiger partial charge in [0.2, 0.25) is 0 Å². The Kier molecular flexibility index (Phi) is 5.01. The zero-order valence-corrected chi connectivity index (χ0v) is 14.0. The van der Waals surface area contributed by atoms with E-state index in [1.54, 1.807) is 0 Å². The summed E-state index contributed by atoms with van der Waals surface area (Å²) < 4.78 is 0. The highest BCUT2D eigenvalue weighted by Crippen LogP contribution is 2.45. The normalized spacial score (nSPS) is 12.5. The molecule has 2 heteroatoms. The van der Waals surface area contributed by atoms with Crippen molar-refractivity contribution in [2.24, 2.45) is 0 Å². The molecule has 126 valence electrons. The lowest BCUT2D eigenvalue weighted by molar-refractivity contribution is 0.0455. The standard InChI is InChI=1S/C23H22O2/c1-18(24)17-22(19-11-5-2-6-12-19)23(25,20-13-7-3-8-14-20)21-15-9-4-10-16-21/h2-16,22,24-25H,1,17H2/t22-/m0/s1. The molecular formula is C23H22O2. The first-order valence-corrected chi connectivity index (χ1v) is 8.37. The summed E-state index contributed by atoms with van der Waals surface area (Å²) in [5.41, 5.74) is 1.25. The first-order valence-electron chi connectivity index (χ1n) is 8.37. The van der Waals surface area contributed by atoms with Crippen molar-refractivity contribution in [1.29, 1.82) is 0 Å². The van der Waals surface area contributed by atoms with Crippen molar-refractivity contribution in [3.05, 3.63) is 120 Å². The average Bonchev–Trinajstić information content (AvgIpc) is 2.67. The summed E-state index contributed by atoms with van der Waals surface area (Å²) in [4.78, 5) is 0. The van der Waals surface area contributed by atoms with Crippen molar-refractivity contribution >= 4 is 0 Å². The molecule has 3 rings (SSSR count). The fourth-order valence-electron chi connectivity index (χ4n) is 3.38. The van der Waals surface area contributed by atoms with Crippen molar-refractivity contribution in [2.75, 3.05) is 0 Å². The highest BCUT2D eigenvalue weighted by molar-refractivity contribution is 5.42. The molecule has 0 heterocycles. The van der Waals surface area contributed by atoms with Crippen LogP contribution in [0.15, 0.2) is 103 Å². The number of rotatable bonds is 6.